The zero-order valence-electron chi connectivity index (χ0n) is 27.2. The van der Waals surface area contributed by atoms with Crippen molar-refractivity contribution in [1.29, 1.82) is 0 Å². The third-order valence-electron chi connectivity index (χ3n) is 8.97. The molecule has 3 N–H and O–H groups in total. The lowest BCUT2D eigenvalue weighted by atomic mass is 9.92. The lowest BCUT2D eigenvalue weighted by Gasteiger charge is -2.29. The SMILES string of the molecule is CCC(C)C[C@H](C)C(=O)NC(Cc1ccc(F)cc1)C(=O)NCCCc1ccccc1O[C@H](C)CNC1(C(C)=O)CCCC1. The summed E-state index contributed by atoms with van der Waals surface area (Å²) < 4.78 is 19.8. The third kappa shape index (κ3) is 10.7. The molecule has 3 rings (SSSR count). The van der Waals surface area contributed by atoms with Crippen molar-refractivity contribution in [3.05, 3.63) is 65.5 Å². The van der Waals surface area contributed by atoms with Gasteiger partial charge in [-0.25, -0.2) is 4.39 Å². The number of hydrogen-bond donors (Lipinski definition) is 3. The first-order chi connectivity index (χ1) is 21.0. The molecule has 0 aliphatic heterocycles. The van der Waals surface area contributed by atoms with E-state index in [1.54, 1.807) is 19.1 Å². The second-order valence-corrected chi connectivity index (χ2v) is 12.7. The smallest absolute Gasteiger partial charge is 0.242 e. The monoisotopic (exact) mass is 609 g/mol. The van der Waals surface area contributed by atoms with E-state index >= 15 is 0 Å². The number of aryl methyl sites for hydroxylation is 1. The van der Waals surface area contributed by atoms with E-state index in [4.69, 9.17) is 4.74 Å². The minimum Gasteiger partial charge on any atom is -0.489 e. The quantitative estimate of drug-likeness (QED) is 0.182. The van der Waals surface area contributed by atoms with Crippen molar-refractivity contribution < 1.29 is 23.5 Å². The lowest BCUT2D eigenvalue weighted by molar-refractivity contribution is -0.131. The van der Waals surface area contributed by atoms with Gasteiger partial charge < -0.3 is 20.7 Å². The zero-order valence-corrected chi connectivity index (χ0v) is 27.2. The average molecular weight is 610 g/mol. The molecule has 242 valence electrons. The second-order valence-electron chi connectivity index (χ2n) is 12.7. The second kappa shape index (κ2) is 17.3. The molecular formula is C36H52FN3O4. The fraction of sp³-hybridized carbons (Fsp3) is 0.583. The molecule has 0 aromatic heterocycles. The first-order valence-electron chi connectivity index (χ1n) is 16.4. The van der Waals surface area contributed by atoms with E-state index < -0.39 is 11.6 Å². The molecule has 44 heavy (non-hydrogen) atoms. The van der Waals surface area contributed by atoms with Gasteiger partial charge in [0.25, 0.3) is 0 Å². The van der Waals surface area contributed by atoms with Crippen LogP contribution in [0.3, 0.4) is 0 Å². The predicted molar refractivity (Wildman–Crippen MR) is 173 cm³/mol. The van der Waals surface area contributed by atoms with Crippen LogP contribution in [0.5, 0.6) is 5.75 Å². The number of para-hydroxylation sites is 1. The summed E-state index contributed by atoms with van der Waals surface area (Å²) in [7, 11) is 0. The van der Waals surface area contributed by atoms with E-state index in [-0.39, 0.29) is 41.9 Å². The number of amides is 2. The Morgan fingerprint density at radius 1 is 0.977 bits per heavy atom. The van der Waals surface area contributed by atoms with Crippen molar-refractivity contribution in [2.75, 3.05) is 13.1 Å². The molecule has 2 aromatic carbocycles. The Labute approximate surface area is 263 Å². The first kappa shape index (κ1) is 35.2. The van der Waals surface area contributed by atoms with Gasteiger partial charge in [0, 0.05) is 25.4 Å². The Bertz CT molecular complexity index is 1210. The van der Waals surface area contributed by atoms with Crippen LogP contribution in [-0.2, 0) is 27.2 Å². The molecule has 0 bridgehead atoms. The van der Waals surface area contributed by atoms with Gasteiger partial charge in [-0.3, -0.25) is 14.4 Å². The van der Waals surface area contributed by atoms with E-state index in [0.717, 1.165) is 55.4 Å². The predicted octanol–water partition coefficient (Wildman–Crippen LogP) is 5.93. The van der Waals surface area contributed by atoms with E-state index in [1.165, 1.54) is 12.1 Å². The molecule has 0 spiro atoms. The Morgan fingerprint density at radius 3 is 2.32 bits per heavy atom. The van der Waals surface area contributed by atoms with Crippen LogP contribution in [0.15, 0.2) is 48.5 Å². The fourth-order valence-corrected chi connectivity index (χ4v) is 5.93. The van der Waals surface area contributed by atoms with Gasteiger partial charge in [-0.15, -0.1) is 0 Å². The highest BCUT2D eigenvalue weighted by Gasteiger charge is 2.38. The van der Waals surface area contributed by atoms with Crippen molar-refractivity contribution in [1.82, 2.24) is 16.0 Å². The number of carbonyl (C=O) groups is 3. The summed E-state index contributed by atoms with van der Waals surface area (Å²) in [4.78, 5) is 38.6. The summed E-state index contributed by atoms with van der Waals surface area (Å²) >= 11 is 0. The highest BCUT2D eigenvalue weighted by Crippen LogP contribution is 2.30. The molecule has 0 saturated heterocycles. The zero-order chi connectivity index (χ0) is 32.1. The van der Waals surface area contributed by atoms with E-state index in [9.17, 15) is 18.8 Å². The van der Waals surface area contributed by atoms with E-state index in [1.807, 2.05) is 38.1 Å². The Kier molecular flexibility index (Phi) is 13.8. The largest absolute Gasteiger partial charge is 0.489 e. The fourth-order valence-electron chi connectivity index (χ4n) is 5.93. The van der Waals surface area contributed by atoms with Crippen LogP contribution in [0.25, 0.3) is 0 Å². The molecule has 4 atom stereocenters. The topological polar surface area (TPSA) is 96.5 Å². The standard InChI is InChI=1S/C36H52FN3O4/c1-6-25(2)22-26(3)34(42)40-32(23-29-15-17-31(37)18-16-29)35(43)38-21-11-13-30-12-7-8-14-33(30)44-27(4)24-39-36(28(5)41)19-9-10-20-36/h7-8,12,14-18,25-27,32,39H,6,9-11,13,19-24H2,1-5H3,(H,38,43)(H,40,42)/t25?,26-,27+,32?/m0/s1. The van der Waals surface area contributed by atoms with E-state index in [2.05, 4.69) is 29.8 Å². The maximum atomic E-state index is 13.5. The van der Waals surface area contributed by atoms with E-state index in [0.29, 0.717) is 31.8 Å². The molecule has 2 amide bonds. The van der Waals surface area contributed by atoms with Crippen LogP contribution >= 0.6 is 0 Å². The molecule has 2 aromatic rings. The first-order valence-corrected chi connectivity index (χ1v) is 16.4. The molecule has 8 heteroatoms. The highest BCUT2D eigenvalue weighted by molar-refractivity contribution is 5.88. The molecule has 7 nitrogen and oxygen atoms in total. The lowest BCUT2D eigenvalue weighted by Crippen LogP contribution is -2.51. The summed E-state index contributed by atoms with van der Waals surface area (Å²) in [5, 5.41) is 9.44. The molecule has 1 fully saturated rings. The maximum absolute atomic E-state index is 13.5. The number of rotatable bonds is 18. The van der Waals surface area contributed by atoms with Crippen LogP contribution in [-0.4, -0.2) is 48.4 Å². The van der Waals surface area contributed by atoms with Crippen LogP contribution in [0.4, 0.5) is 4.39 Å². The van der Waals surface area contributed by atoms with Gasteiger partial charge in [-0.1, -0.05) is 70.4 Å². The highest BCUT2D eigenvalue weighted by atomic mass is 19.1. The molecule has 2 unspecified atom stereocenters. The number of ether oxygens (including phenoxy) is 1. The van der Waals surface area contributed by atoms with Gasteiger partial charge >= 0.3 is 0 Å². The number of halogens is 1. The van der Waals surface area contributed by atoms with Crippen LogP contribution in [0.2, 0.25) is 0 Å². The number of hydrogen-bond acceptors (Lipinski definition) is 5. The summed E-state index contributed by atoms with van der Waals surface area (Å²) in [6.07, 6.45) is 7.18. The number of Topliss-reactive ketones (excluding diaryl/α,β-unsaturated/α-hetero) is 1. The van der Waals surface area contributed by atoms with Crippen molar-refractivity contribution in [3.8, 4) is 5.75 Å². The van der Waals surface area contributed by atoms with Crippen LogP contribution in [0.1, 0.15) is 90.7 Å². The number of ketones is 1. The third-order valence-corrected chi connectivity index (χ3v) is 8.97. The molecule has 1 aliphatic rings. The molecule has 1 aliphatic carbocycles. The van der Waals surface area contributed by atoms with Crippen molar-refractivity contribution in [2.45, 2.75) is 110 Å². The Hall–Kier alpha value is -3.26. The van der Waals surface area contributed by atoms with Crippen LogP contribution < -0.4 is 20.7 Å². The van der Waals surface area contributed by atoms with Gasteiger partial charge in [0.1, 0.15) is 29.5 Å². The molecule has 0 radical (unpaired) electrons. The molecule has 0 heterocycles. The molecular weight excluding hydrogens is 557 g/mol. The Balaban J connectivity index is 1.54. The van der Waals surface area contributed by atoms with Crippen molar-refractivity contribution in [2.24, 2.45) is 11.8 Å². The summed E-state index contributed by atoms with van der Waals surface area (Å²) in [5.74, 6) is 0.449. The normalized spacial score (nSPS) is 16.9. The van der Waals surface area contributed by atoms with Gasteiger partial charge in [0.15, 0.2) is 0 Å². The minimum absolute atomic E-state index is 0.119. The van der Waals surface area contributed by atoms with Gasteiger partial charge in [0.05, 0.1) is 5.54 Å². The van der Waals surface area contributed by atoms with Gasteiger partial charge in [-0.2, -0.15) is 0 Å². The van der Waals surface area contributed by atoms with Crippen LogP contribution in [0, 0.1) is 17.7 Å². The number of benzene rings is 2. The minimum atomic E-state index is -0.755. The number of nitrogens with one attached hydrogen (secondary N) is 3. The van der Waals surface area contributed by atoms with Crippen molar-refractivity contribution >= 4 is 17.6 Å². The molecule has 1 saturated carbocycles. The van der Waals surface area contributed by atoms with Gasteiger partial charge in [0.2, 0.25) is 11.8 Å². The summed E-state index contributed by atoms with van der Waals surface area (Å²) in [5.41, 5.74) is 1.40. The van der Waals surface area contributed by atoms with Crippen molar-refractivity contribution in [3.63, 3.8) is 0 Å². The number of carbonyl (C=O) groups excluding carboxylic acids is 3. The average Bonchev–Trinajstić information content (AvgIpc) is 3.50. The summed E-state index contributed by atoms with van der Waals surface area (Å²) in [6, 6.07) is 13.2. The maximum Gasteiger partial charge on any atom is 0.242 e. The van der Waals surface area contributed by atoms with Gasteiger partial charge in [-0.05, 0) is 81.2 Å². The Morgan fingerprint density at radius 2 is 1.66 bits per heavy atom. The summed E-state index contributed by atoms with van der Waals surface area (Å²) in [6.45, 7) is 10.8.